The largest absolute Gasteiger partial charge is 0.375 e. The molecule has 1 aromatic heterocycles. The Bertz CT molecular complexity index is 736. The van der Waals surface area contributed by atoms with Crippen LogP contribution in [0.2, 0.25) is 5.02 Å². The van der Waals surface area contributed by atoms with E-state index in [1.165, 1.54) is 18.3 Å². The summed E-state index contributed by atoms with van der Waals surface area (Å²) in [6, 6.07) is 5.81. The molecule has 3 amide bonds. The quantitative estimate of drug-likeness (QED) is 0.818. The van der Waals surface area contributed by atoms with Crippen molar-refractivity contribution in [3.05, 3.63) is 41.2 Å². The van der Waals surface area contributed by atoms with Crippen molar-refractivity contribution in [1.82, 2.24) is 10.1 Å². The van der Waals surface area contributed by atoms with Gasteiger partial charge in [-0.3, -0.25) is 4.79 Å². The minimum absolute atomic E-state index is 0.0672. The summed E-state index contributed by atoms with van der Waals surface area (Å²) in [6.45, 7) is 1.75. The topological polar surface area (TPSA) is 96.7 Å². The van der Waals surface area contributed by atoms with Gasteiger partial charge in [0.1, 0.15) is 18.6 Å². The number of urea groups is 1. The van der Waals surface area contributed by atoms with Gasteiger partial charge in [-0.1, -0.05) is 16.8 Å². The Balaban J connectivity index is 2.07. The number of carbonyl (C=O) groups is 2. The molecule has 0 fully saturated rings. The van der Waals surface area contributed by atoms with Crippen molar-refractivity contribution in [2.45, 2.75) is 13.0 Å². The van der Waals surface area contributed by atoms with Crippen molar-refractivity contribution in [3.8, 4) is 0 Å². The zero-order valence-electron chi connectivity index (χ0n) is 14.1. The predicted molar refractivity (Wildman–Crippen MR) is 93.7 cm³/mol. The van der Waals surface area contributed by atoms with Gasteiger partial charge >= 0.3 is 6.03 Å². The first kappa shape index (κ1) is 18.8. The molecule has 1 heterocycles. The van der Waals surface area contributed by atoms with Crippen LogP contribution in [0.15, 0.2) is 35.1 Å². The van der Waals surface area contributed by atoms with Crippen LogP contribution < -0.4 is 10.6 Å². The number of nitrogens with one attached hydrogen (secondary N) is 2. The van der Waals surface area contributed by atoms with E-state index in [-0.39, 0.29) is 24.6 Å². The molecule has 1 aromatic carbocycles. The highest BCUT2D eigenvalue weighted by Gasteiger charge is 2.20. The fraction of sp³-hybridized carbons (Fsp3) is 0.312. The number of halogens is 1. The first-order valence-electron chi connectivity index (χ1n) is 7.44. The Morgan fingerprint density at radius 1 is 1.36 bits per heavy atom. The number of hydrogen-bond donors (Lipinski definition) is 2. The number of ether oxygens (including phenoxy) is 1. The van der Waals surface area contributed by atoms with Crippen molar-refractivity contribution in [2.24, 2.45) is 0 Å². The van der Waals surface area contributed by atoms with Crippen LogP contribution in [0.1, 0.15) is 18.7 Å². The van der Waals surface area contributed by atoms with Crippen LogP contribution in [0.4, 0.5) is 16.2 Å². The molecule has 2 N–H and O–H groups in total. The molecule has 0 spiro atoms. The summed E-state index contributed by atoms with van der Waals surface area (Å²) in [7, 11) is 3.06. The maximum Gasteiger partial charge on any atom is 0.322 e. The minimum atomic E-state index is -0.377. The maximum atomic E-state index is 12.4. The van der Waals surface area contributed by atoms with Crippen LogP contribution >= 0.6 is 11.6 Å². The van der Waals surface area contributed by atoms with Gasteiger partial charge in [0.15, 0.2) is 0 Å². The van der Waals surface area contributed by atoms with E-state index in [9.17, 15) is 9.59 Å². The molecule has 0 aliphatic heterocycles. The van der Waals surface area contributed by atoms with Crippen LogP contribution in [0.3, 0.4) is 0 Å². The molecule has 25 heavy (non-hydrogen) atoms. The lowest BCUT2D eigenvalue weighted by Crippen LogP contribution is -2.33. The fourth-order valence-corrected chi connectivity index (χ4v) is 2.21. The molecular weight excluding hydrogens is 348 g/mol. The van der Waals surface area contributed by atoms with E-state index in [1.807, 2.05) is 6.92 Å². The highest BCUT2D eigenvalue weighted by molar-refractivity contribution is 6.33. The molecule has 8 nitrogen and oxygen atoms in total. The monoisotopic (exact) mass is 366 g/mol. The molecule has 0 radical (unpaired) electrons. The molecule has 134 valence electrons. The van der Waals surface area contributed by atoms with Crippen molar-refractivity contribution in [3.63, 3.8) is 0 Å². The van der Waals surface area contributed by atoms with Gasteiger partial charge in [0.2, 0.25) is 5.91 Å². The first-order chi connectivity index (χ1) is 11.9. The first-order valence-corrected chi connectivity index (χ1v) is 7.82. The second kappa shape index (κ2) is 8.50. The second-order valence-corrected chi connectivity index (χ2v) is 5.72. The number of hydrogen-bond acceptors (Lipinski definition) is 5. The highest BCUT2D eigenvalue weighted by Crippen LogP contribution is 2.27. The molecule has 0 unspecified atom stereocenters. The van der Waals surface area contributed by atoms with Crippen LogP contribution in [-0.4, -0.2) is 42.8 Å². The van der Waals surface area contributed by atoms with Gasteiger partial charge in [0.25, 0.3) is 0 Å². The number of rotatable bonds is 6. The standard InChI is InChI=1S/C16H19ClN4O4/c1-10(13-6-7-25-20-13)21(2)16(23)19-14-8-11(4-5-12(14)17)18-15(22)9-24-3/h4-8,10H,9H2,1-3H3,(H,18,22)(H,19,23)/t10-/m0/s1. The summed E-state index contributed by atoms with van der Waals surface area (Å²) in [6.07, 6.45) is 1.45. The Hall–Kier alpha value is -2.58. The van der Waals surface area contributed by atoms with E-state index in [2.05, 4.69) is 15.8 Å². The number of methoxy groups -OCH3 is 1. The Morgan fingerprint density at radius 3 is 2.76 bits per heavy atom. The van der Waals surface area contributed by atoms with Crippen LogP contribution in [0.5, 0.6) is 0 Å². The number of nitrogens with zero attached hydrogens (tertiary/aromatic N) is 2. The van der Waals surface area contributed by atoms with E-state index < -0.39 is 0 Å². The van der Waals surface area contributed by atoms with Gasteiger partial charge in [-0.25, -0.2) is 4.79 Å². The van der Waals surface area contributed by atoms with Crippen LogP contribution in [-0.2, 0) is 9.53 Å². The SMILES string of the molecule is COCC(=O)Nc1ccc(Cl)c(NC(=O)N(C)[C@@H](C)c2ccon2)c1. The fourth-order valence-electron chi connectivity index (χ4n) is 2.04. The number of amides is 3. The van der Waals surface area contributed by atoms with E-state index in [0.29, 0.717) is 22.1 Å². The summed E-state index contributed by atoms with van der Waals surface area (Å²) in [5.41, 5.74) is 1.50. The highest BCUT2D eigenvalue weighted by atomic mass is 35.5. The van der Waals surface area contributed by atoms with Gasteiger partial charge in [0.05, 0.1) is 16.8 Å². The third-order valence-electron chi connectivity index (χ3n) is 3.55. The molecule has 0 aliphatic carbocycles. The summed E-state index contributed by atoms with van der Waals surface area (Å²) in [5.74, 6) is -0.307. The molecule has 9 heteroatoms. The number of carbonyl (C=O) groups excluding carboxylic acids is 2. The van der Waals surface area contributed by atoms with Crippen LogP contribution in [0.25, 0.3) is 0 Å². The van der Waals surface area contributed by atoms with Gasteiger partial charge in [0, 0.05) is 25.9 Å². The average Bonchev–Trinajstić information content (AvgIpc) is 3.11. The molecule has 0 saturated carbocycles. The van der Waals surface area contributed by atoms with E-state index >= 15 is 0 Å². The summed E-state index contributed by atoms with van der Waals surface area (Å²) in [4.78, 5) is 25.5. The summed E-state index contributed by atoms with van der Waals surface area (Å²) < 4.78 is 9.56. The number of aromatic nitrogens is 1. The van der Waals surface area contributed by atoms with E-state index in [1.54, 1.807) is 31.3 Å². The third kappa shape index (κ3) is 4.94. The molecule has 0 aliphatic rings. The zero-order valence-corrected chi connectivity index (χ0v) is 14.8. The normalized spacial score (nSPS) is 11.7. The predicted octanol–water partition coefficient (Wildman–Crippen LogP) is 3.14. The van der Waals surface area contributed by atoms with Gasteiger partial charge < -0.3 is 24.8 Å². The smallest absolute Gasteiger partial charge is 0.322 e. The van der Waals surface area contributed by atoms with Crippen LogP contribution in [0, 0.1) is 0 Å². The molecule has 1 atom stereocenters. The van der Waals surface area contributed by atoms with E-state index in [0.717, 1.165) is 0 Å². The molecule has 0 bridgehead atoms. The molecule has 0 saturated heterocycles. The molecule has 2 aromatic rings. The average molecular weight is 367 g/mol. The Labute approximate surface area is 150 Å². The van der Waals surface area contributed by atoms with Gasteiger partial charge in [-0.15, -0.1) is 0 Å². The van der Waals surface area contributed by atoms with Crippen molar-refractivity contribution >= 4 is 34.9 Å². The molecule has 2 rings (SSSR count). The Morgan fingerprint density at radius 2 is 2.12 bits per heavy atom. The number of anilines is 2. The number of benzene rings is 1. The van der Waals surface area contributed by atoms with E-state index in [4.69, 9.17) is 20.9 Å². The second-order valence-electron chi connectivity index (χ2n) is 5.32. The lowest BCUT2D eigenvalue weighted by Gasteiger charge is -2.23. The molecular formula is C16H19ClN4O4. The van der Waals surface area contributed by atoms with Crippen molar-refractivity contribution in [2.75, 3.05) is 31.4 Å². The van der Waals surface area contributed by atoms with Gasteiger partial charge in [-0.2, -0.15) is 0 Å². The van der Waals surface area contributed by atoms with Gasteiger partial charge in [-0.05, 0) is 25.1 Å². The third-order valence-corrected chi connectivity index (χ3v) is 3.88. The summed E-state index contributed by atoms with van der Waals surface area (Å²) in [5, 5.41) is 9.53. The zero-order chi connectivity index (χ0) is 18.4. The van der Waals surface area contributed by atoms with Crippen molar-refractivity contribution < 1.29 is 18.8 Å². The summed E-state index contributed by atoms with van der Waals surface area (Å²) >= 11 is 6.12. The van der Waals surface area contributed by atoms with Crippen molar-refractivity contribution in [1.29, 1.82) is 0 Å². The lowest BCUT2D eigenvalue weighted by molar-refractivity contribution is -0.119. The lowest BCUT2D eigenvalue weighted by atomic mass is 10.2. The Kier molecular flexibility index (Phi) is 6.37. The minimum Gasteiger partial charge on any atom is -0.375 e. The maximum absolute atomic E-state index is 12.4.